The first-order valence-electron chi connectivity index (χ1n) is 6.04. The van der Waals surface area contributed by atoms with Crippen molar-refractivity contribution in [2.75, 3.05) is 23.7 Å². The van der Waals surface area contributed by atoms with Crippen molar-refractivity contribution >= 4 is 34.8 Å². The van der Waals surface area contributed by atoms with Crippen LogP contribution in [-0.2, 0) is 6.42 Å². The maximum absolute atomic E-state index is 5.85. The topological polar surface area (TPSA) is 75.6 Å². The third-order valence-electron chi connectivity index (χ3n) is 2.29. The molecular formula is C11H15ClN6S. The van der Waals surface area contributed by atoms with Gasteiger partial charge in [-0.3, -0.25) is 0 Å². The second kappa shape index (κ2) is 7.20. The van der Waals surface area contributed by atoms with Gasteiger partial charge in [0, 0.05) is 24.9 Å². The number of aromatic nitrogens is 4. The van der Waals surface area contributed by atoms with E-state index in [2.05, 4.69) is 37.5 Å². The molecular weight excluding hydrogens is 284 g/mol. The lowest BCUT2D eigenvalue weighted by molar-refractivity contribution is 0.918. The Morgan fingerprint density at radius 3 is 2.53 bits per heavy atom. The summed E-state index contributed by atoms with van der Waals surface area (Å²) in [5, 5.41) is 8.41. The lowest BCUT2D eigenvalue weighted by Crippen LogP contribution is -2.11. The van der Waals surface area contributed by atoms with E-state index in [1.807, 2.05) is 10.9 Å². The van der Waals surface area contributed by atoms with Crippen molar-refractivity contribution in [1.29, 1.82) is 0 Å². The summed E-state index contributed by atoms with van der Waals surface area (Å²) in [5.74, 6) is 0.979. The largest absolute Gasteiger partial charge is 0.354 e. The third-order valence-corrected chi connectivity index (χ3v) is 3.09. The molecule has 2 aromatic rings. The molecule has 6 nitrogen and oxygen atoms in total. The summed E-state index contributed by atoms with van der Waals surface area (Å²) in [6.07, 6.45) is 1.82. The second-order valence-electron chi connectivity index (χ2n) is 3.83. The lowest BCUT2D eigenvalue weighted by Gasteiger charge is -2.07. The standard InChI is InChI=1S/C11H15ClN6S/c1-2-4-13-10-16-9(12)17-11(18-10)14-5-3-8-6-19-7-15-8/h6-7H,2-5H2,1H3,(H2,13,14,16,17,18). The molecule has 2 rings (SSSR count). The minimum absolute atomic E-state index is 0.185. The van der Waals surface area contributed by atoms with Crippen molar-refractivity contribution in [2.45, 2.75) is 19.8 Å². The predicted octanol–water partition coefficient (Wildman–Crippen LogP) is 2.46. The molecule has 8 heteroatoms. The molecule has 0 fully saturated rings. The average molecular weight is 299 g/mol. The van der Waals surface area contributed by atoms with Crippen LogP contribution >= 0.6 is 22.9 Å². The SMILES string of the molecule is CCCNc1nc(Cl)nc(NCCc2cscn2)n1. The highest BCUT2D eigenvalue weighted by Gasteiger charge is 2.04. The Kier molecular flexibility index (Phi) is 5.29. The molecule has 0 saturated carbocycles. The minimum atomic E-state index is 0.185. The molecule has 0 aromatic carbocycles. The number of thiazole rings is 1. The Morgan fingerprint density at radius 2 is 1.89 bits per heavy atom. The van der Waals surface area contributed by atoms with Crippen molar-refractivity contribution in [3.8, 4) is 0 Å². The van der Waals surface area contributed by atoms with E-state index in [1.165, 1.54) is 0 Å². The lowest BCUT2D eigenvalue weighted by atomic mass is 10.3. The minimum Gasteiger partial charge on any atom is -0.354 e. The molecule has 0 aliphatic rings. The van der Waals surface area contributed by atoms with E-state index >= 15 is 0 Å². The van der Waals surface area contributed by atoms with E-state index in [9.17, 15) is 0 Å². The molecule has 102 valence electrons. The predicted molar refractivity (Wildman–Crippen MR) is 77.9 cm³/mol. The van der Waals surface area contributed by atoms with E-state index in [0.717, 1.165) is 25.1 Å². The van der Waals surface area contributed by atoms with Gasteiger partial charge in [-0.25, -0.2) is 4.98 Å². The van der Waals surface area contributed by atoms with Gasteiger partial charge in [0.25, 0.3) is 0 Å². The van der Waals surface area contributed by atoms with Gasteiger partial charge in [0.2, 0.25) is 17.2 Å². The zero-order chi connectivity index (χ0) is 13.5. The fourth-order valence-electron chi connectivity index (χ4n) is 1.41. The molecule has 0 amide bonds. The molecule has 0 atom stereocenters. The van der Waals surface area contributed by atoms with Gasteiger partial charge in [-0.15, -0.1) is 11.3 Å². The number of anilines is 2. The number of hydrogen-bond acceptors (Lipinski definition) is 7. The molecule has 0 unspecified atom stereocenters. The van der Waals surface area contributed by atoms with Gasteiger partial charge in [0.15, 0.2) is 0 Å². The van der Waals surface area contributed by atoms with Crippen LogP contribution in [0.25, 0.3) is 0 Å². The molecule has 2 aromatic heterocycles. The van der Waals surface area contributed by atoms with Crippen LogP contribution in [0.2, 0.25) is 5.28 Å². The van der Waals surface area contributed by atoms with Gasteiger partial charge in [-0.2, -0.15) is 15.0 Å². The van der Waals surface area contributed by atoms with Crippen molar-refractivity contribution in [1.82, 2.24) is 19.9 Å². The summed E-state index contributed by atoms with van der Waals surface area (Å²) in [5.41, 5.74) is 2.88. The molecule has 0 aliphatic carbocycles. The Morgan fingerprint density at radius 1 is 1.16 bits per heavy atom. The van der Waals surface area contributed by atoms with Crippen LogP contribution in [0.4, 0.5) is 11.9 Å². The van der Waals surface area contributed by atoms with Crippen molar-refractivity contribution in [2.24, 2.45) is 0 Å². The van der Waals surface area contributed by atoms with E-state index in [1.54, 1.807) is 11.3 Å². The Balaban J connectivity index is 1.90. The quantitative estimate of drug-likeness (QED) is 0.818. The maximum atomic E-state index is 5.85. The number of rotatable bonds is 7. The van der Waals surface area contributed by atoms with E-state index in [0.29, 0.717) is 18.4 Å². The summed E-state index contributed by atoms with van der Waals surface area (Å²) in [6, 6.07) is 0. The van der Waals surface area contributed by atoms with Crippen LogP contribution in [0.5, 0.6) is 0 Å². The summed E-state index contributed by atoms with van der Waals surface area (Å²) in [6.45, 7) is 3.58. The molecule has 0 radical (unpaired) electrons. The van der Waals surface area contributed by atoms with E-state index < -0.39 is 0 Å². The summed E-state index contributed by atoms with van der Waals surface area (Å²) in [7, 11) is 0. The zero-order valence-corrected chi connectivity index (χ0v) is 12.1. The van der Waals surface area contributed by atoms with Gasteiger partial charge in [-0.1, -0.05) is 6.92 Å². The van der Waals surface area contributed by atoms with Crippen molar-refractivity contribution in [3.05, 3.63) is 21.9 Å². The number of hydrogen-bond donors (Lipinski definition) is 2. The average Bonchev–Trinajstić information content (AvgIpc) is 2.89. The highest BCUT2D eigenvalue weighted by Crippen LogP contribution is 2.10. The van der Waals surface area contributed by atoms with Crippen molar-refractivity contribution in [3.63, 3.8) is 0 Å². The molecule has 0 aliphatic heterocycles. The molecule has 0 bridgehead atoms. The molecule has 0 spiro atoms. The first-order chi connectivity index (χ1) is 9.28. The van der Waals surface area contributed by atoms with Gasteiger partial charge in [-0.05, 0) is 18.0 Å². The van der Waals surface area contributed by atoms with Gasteiger partial charge in [0.05, 0.1) is 11.2 Å². The van der Waals surface area contributed by atoms with Crippen LogP contribution < -0.4 is 10.6 Å². The fraction of sp³-hybridized carbons (Fsp3) is 0.455. The molecule has 19 heavy (non-hydrogen) atoms. The van der Waals surface area contributed by atoms with Gasteiger partial charge in [0.1, 0.15) is 0 Å². The summed E-state index contributed by atoms with van der Waals surface area (Å²) < 4.78 is 0. The van der Waals surface area contributed by atoms with Gasteiger partial charge < -0.3 is 10.6 Å². The van der Waals surface area contributed by atoms with Crippen LogP contribution in [0, 0.1) is 0 Å². The Hall–Kier alpha value is -1.47. The highest BCUT2D eigenvalue weighted by molar-refractivity contribution is 7.07. The van der Waals surface area contributed by atoms with Crippen LogP contribution in [0.1, 0.15) is 19.0 Å². The van der Waals surface area contributed by atoms with Gasteiger partial charge >= 0.3 is 0 Å². The third kappa shape index (κ3) is 4.60. The van der Waals surface area contributed by atoms with Crippen LogP contribution in [-0.4, -0.2) is 33.0 Å². The molecule has 0 saturated heterocycles. The Labute approximate surface area is 120 Å². The molecule has 2 N–H and O–H groups in total. The molecule has 2 heterocycles. The normalized spacial score (nSPS) is 10.4. The number of halogens is 1. The smallest absolute Gasteiger partial charge is 0.228 e. The zero-order valence-electron chi connectivity index (χ0n) is 10.6. The Bertz CT molecular complexity index is 504. The van der Waals surface area contributed by atoms with Crippen LogP contribution in [0.3, 0.4) is 0 Å². The fourth-order valence-corrected chi connectivity index (χ4v) is 2.16. The number of nitrogens with one attached hydrogen (secondary N) is 2. The van der Waals surface area contributed by atoms with Crippen molar-refractivity contribution < 1.29 is 0 Å². The summed E-state index contributed by atoms with van der Waals surface area (Å²) >= 11 is 7.44. The van der Waals surface area contributed by atoms with Crippen LogP contribution in [0.15, 0.2) is 10.9 Å². The number of nitrogens with zero attached hydrogens (tertiary/aromatic N) is 4. The summed E-state index contributed by atoms with van der Waals surface area (Å²) in [4.78, 5) is 16.5. The second-order valence-corrected chi connectivity index (χ2v) is 4.89. The first kappa shape index (κ1) is 14.0. The van der Waals surface area contributed by atoms with E-state index in [4.69, 9.17) is 11.6 Å². The van der Waals surface area contributed by atoms with E-state index in [-0.39, 0.29) is 5.28 Å². The maximum Gasteiger partial charge on any atom is 0.228 e. The monoisotopic (exact) mass is 298 g/mol. The first-order valence-corrected chi connectivity index (χ1v) is 7.36. The highest BCUT2D eigenvalue weighted by atomic mass is 35.5.